The van der Waals surface area contributed by atoms with E-state index < -0.39 is 11.5 Å². The van der Waals surface area contributed by atoms with Crippen molar-refractivity contribution in [2.24, 2.45) is 0 Å². The van der Waals surface area contributed by atoms with Crippen LogP contribution in [0.1, 0.15) is 33.2 Å². The van der Waals surface area contributed by atoms with Gasteiger partial charge in [-0.2, -0.15) is 0 Å². The number of fused-ring (bicyclic) bond motifs is 1. The van der Waals surface area contributed by atoms with Gasteiger partial charge in [0.1, 0.15) is 11.1 Å². The summed E-state index contributed by atoms with van der Waals surface area (Å²) in [6.07, 6.45) is 0. The molecule has 0 bridgehead atoms. The number of hydrogen-bond acceptors (Lipinski definition) is 4. The summed E-state index contributed by atoms with van der Waals surface area (Å²) in [5.74, 6) is -0.681. The van der Waals surface area contributed by atoms with Crippen LogP contribution < -0.4 is 10.9 Å². The van der Waals surface area contributed by atoms with Gasteiger partial charge >= 0.3 is 5.63 Å². The predicted octanol–water partition coefficient (Wildman–Crippen LogP) is 3.56. The molecule has 0 aliphatic carbocycles. The van der Waals surface area contributed by atoms with Gasteiger partial charge in [0, 0.05) is 16.6 Å². The van der Waals surface area contributed by atoms with E-state index in [0.717, 1.165) is 5.56 Å². The van der Waals surface area contributed by atoms with Crippen molar-refractivity contribution in [3.8, 4) is 0 Å². The predicted molar refractivity (Wildman–Crippen MR) is 91.6 cm³/mol. The van der Waals surface area contributed by atoms with Crippen molar-refractivity contribution in [1.82, 2.24) is 0 Å². The summed E-state index contributed by atoms with van der Waals surface area (Å²) in [6, 6.07) is 13.5. The Hall–Kier alpha value is -3.21. The molecule has 3 aromatic rings. The average Bonchev–Trinajstić information content (AvgIpc) is 2.55. The van der Waals surface area contributed by atoms with E-state index in [1.807, 2.05) is 19.1 Å². The van der Waals surface area contributed by atoms with Crippen LogP contribution in [0.4, 0.5) is 5.69 Å². The number of carbonyl (C=O) groups excluding carboxylic acids is 2. The van der Waals surface area contributed by atoms with Gasteiger partial charge in [0.15, 0.2) is 5.78 Å². The highest BCUT2D eigenvalue weighted by molar-refractivity contribution is 6.06. The van der Waals surface area contributed by atoms with Gasteiger partial charge in [0.05, 0.1) is 0 Å². The van der Waals surface area contributed by atoms with E-state index in [1.165, 1.54) is 13.0 Å². The van der Waals surface area contributed by atoms with Crippen molar-refractivity contribution in [3.63, 3.8) is 0 Å². The van der Waals surface area contributed by atoms with Gasteiger partial charge in [0.2, 0.25) is 0 Å². The lowest BCUT2D eigenvalue weighted by Crippen LogP contribution is -2.20. The van der Waals surface area contributed by atoms with Gasteiger partial charge in [-0.3, -0.25) is 9.59 Å². The number of rotatable bonds is 3. The third-order valence-corrected chi connectivity index (χ3v) is 3.73. The Balaban J connectivity index is 1.97. The first-order chi connectivity index (χ1) is 11.5. The Labute approximate surface area is 137 Å². The van der Waals surface area contributed by atoms with Crippen LogP contribution in [0.3, 0.4) is 0 Å². The Kier molecular flexibility index (Phi) is 4.00. The van der Waals surface area contributed by atoms with Crippen LogP contribution in [0.25, 0.3) is 11.0 Å². The van der Waals surface area contributed by atoms with Gasteiger partial charge in [-0.05, 0) is 37.6 Å². The van der Waals surface area contributed by atoms with E-state index in [-0.39, 0.29) is 11.3 Å². The Bertz CT molecular complexity index is 1020. The molecule has 1 N–H and O–H groups in total. The van der Waals surface area contributed by atoms with Crippen molar-refractivity contribution in [2.75, 3.05) is 5.32 Å². The molecular formula is C19H15NO4. The minimum Gasteiger partial charge on any atom is -0.422 e. The minimum absolute atomic E-state index is 0.0821. The van der Waals surface area contributed by atoms with Crippen molar-refractivity contribution >= 4 is 28.3 Å². The number of nitrogens with one attached hydrogen (secondary N) is 1. The molecular weight excluding hydrogens is 306 g/mol. The SMILES string of the molecule is CC(=O)c1cccc(NC(=O)c2cc3cccc(C)c3oc2=O)c1. The second kappa shape index (κ2) is 6.12. The average molecular weight is 321 g/mol. The molecule has 2 aromatic carbocycles. The second-order valence-electron chi connectivity index (χ2n) is 5.53. The number of hydrogen-bond donors (Lipinski definition) is 1. The minimum atomic E-state index is -0.697. The van der Waals surface area contributed by atoms with Gasteiger partial charge in [-0.25, -0.2) is 4.79 Å². The second-order valence-corrected chi connectivity index (χ2v) is 5.53. The number of Topliss-reactive ketones (excluding diaryl/α,β-unsaturated/α-hetero) is 1. The molecule has 0 saturated heterocycles. The van der Waals surface area contributed by atoms with Crippen molar-refractivity contribution in [2.45, 2.75) is 13.8 Å². The largest absolute Gasteiger partial charge is 0.422 e. The molecule has 0 aliphatic heterocycles. The lowest BCUT2D eigenvalue weighted by molar-refractivity contribution is 0.100. The molecule has 24 heavy (non-hydrogen) atoms. The van der Waals surface area contributed by atoms with Gasteiger partial charge in [-0.1, -0.05) is 30.3 Å². The van der Waals surface area contributed by atoms with Crippen LogP contribution in [-0.2, 0) is 0 Å². The highest BCUT2D eigenvalue weighted by Gasteiger charge is 2.15. The zero-order valence-corrected chi connectivity index (χ0v) is 13.3. The number of benzene rings is 2. The van der Waals surface area contributed by atoms with E-state index in [1.54, 1.807) is 30.3 Å². The maximum absolute atomic E-state index is 12.4. The number of para-hydroxylation sites is 1. The summed E-state index contributed by atoms with van der Waals surface area (Å²) in [5.41, 5.74) is 1.44. The normalized spacial score (nSPS) is 10.6. The smallest absolute Gasteiger partial charge is 0.349 e. The van der Waals surface area contributed by atoms with E-state index in [9.17, 15) is 14.4 Å². The van der Waals surface area contributed by atoms with E-state index >= 15 is 0 Å². The first-order valence-electron chi connectivity index (χ1n) is 7.41. The third-order valence-electron chi connectivity index (χ3n) is 3.73. The molecule has 5 heteroatoms. The first-order valence-corrected chi connectivity index (χ1v) is 7.41. The molecule has 1 heterocycles. The molecule has 0 fully saturated rings. The Morgan fingerprint density at radius 2 is 1.79 bits per heavy atom. The summed E-state index contributed by atoms with van der Waals surface area (Å²) in [7, 11) is 0. The molecule has 120 valence electrons. The van der Waals surface area contributed by atoms with Crippen LogP contribution >= 0.6 is 0 Å². The molecule has 1 aromatic heterocycles. The highest BCUT2D eigenvalue weighted by Crippen LogP contribution is 2.18. The standard InChI is InChI=1S/C19H15NO4/c1-11-5-3-7-14-10-16(19(23)24-17(11)14)18(22)20-15-8-4-6-13(9-15)12(2)21/h3-10H,1-2H3,(H,20,22). The highest BCUT2D eigenvalue weighted by atomic mass is 16.4. The Morgan fingerprint density at radius 1 is 1.04 bits per heavy atom. The quantitative estimate of drug-likeness (QED) is 0.591. The molecule has 0 aliphatic rings. The van der Waals surface area contributed by atoms with Crippen LogP contribution in [0.15, 0.2) is 57.7 Å². The first kappa shape index (κ1) is 15.7. The fourth-order valence-corrected chi connectivity index (χ4v) is 2.46. The topological polar surface area (TPSA) is 76.4 Å². The molecule has 0 atom stereocenters. The lowest BCUT2D eigenvalue weighted by Gasteiger charge is -2.07. The van der Waals surface area contributed by atoms with Crippen LogP contribution in [0, 0.1) is 6.92 Å². The molecule has 3 rings (SSSR count). The summed E-state index contributed by atoms with van der Waals surface area (Å²) >= 11 is 0. The molecule has 5 nitrogen and oxygen atoms in total. The Morgan fingerprint density at radius 3 is 2.54 bits per heavy atom. The summed E-state index contributed by atoms with van der Waals surface area (Å²) in [6.45, 7) is 3.28. The van der Waals surface area contributed by atoms with Crippen molar-refractivity contribution in [1.29, 1.82) is 0 Å². The van der Waals surface area contributed by atoms with Crippen LogP contribution in [-0.4, -0.2) is 11.7 Å². The number of ketones is 1. The van der Waals surface area contributed by atoms with E-state index in [4.69, 9.17) is 4.42 Å². The summed E-state index contributed by atoms with van der Waals surface area (Å²) in [5, 5.41) is 3.30. The zero-order valence-electron chi connectivity index (χ0n) is 13.3. The fourth-order valence-electron chi connectivity index (χ4n) is 2.46. The third kappa shape index (κ3) is 2.96. The molecule has 0 radical (unpaired) electrons. The van der Waals surface area contributed by atoms with E-state index in [0.29, 0.717) is 22.2 Å². The number of anilines is 1. The van der Waals surface area contributed by atoms with E-state index in [2.05, 4.69) is 5.32 Å². The molecule has 0 spiro atoms. The number of aryl methyl sites for hydroxylation is 1. The van der Waals surface area contributed by atoms with Crippen molar-refractivity contribution < 1.29 is 14.0 Å². The maximum Gasteiger partial charge on any atom is 0.349 e. The van der Waals surface area contributed by atoms with Crippen molar-refractivity contribution in [3.05, 3.63) is 75.6 Å². The zero-order chi connectivity index (χ0) is 17.3. The summed E-state index contributed by atoms with van der Waals surface area (Å²) < 4.78 is 5.27. The molecule has 1 amide bonds. The number of amides is 1. The van der Waals surface area contributed by atoms with Gasteiger partial charge in [0.25, 0.3) is 5.91 Å². The monoisotopic (exact) mass is 321 g/mol. The lowest BCUT2D eigenvalue weighted by atomic mass is 10.1. The van der Waals surface area contributed by atoms with Crippen LogP contribution in [0.5, 0.6) is 0 Å². The van der Waals surface area contributed by atoms with Crippen LogP contribution in [0.2, 0.25) is 0 Å². The fraction of sp³-hybridized carbons (Fsp3) is 0.105. The number of carbonyl (C=O) groups is 2. The maximum atomic E-state index is 12.4. The molecule has 0 unspecified atom stereocenters. The summed E-state index contributed by atoms with van der Waals surface area (Å²) in [4.78, 5) is 35.9. The van der Waals surface area contributed by atoms with Gasteiger partial charge in [-0.15, -0.1) is 0 Å². The van der Waals surface area contributed by atoms with Gasteiger partial charge < -0.3 is 9.73 Å². The molecule has 0 saturated carbocycles.